The number of ether oxygens (including phenoxy) is 2. The molecule has 6 nitrogen and oxygen atoms in total. The number of nitrogens with zero attached hydrogens (tertiary/aromatic N) is 2. The van der Waals surface area contributed by atoms with Crippen molar-refractivity contribution in [1.29, 1.82) is 0 Å². The second-order valence-electron chi connectivity index (χ2n) is 3.90. The monoisotopic (exact) mass is 239 g/mol. The normalized spacial score (nSPS) is 13.9. The molecule has 2 heterocycles. The van der Waals surface area contributed by atoms with Gasteiger partial charge in [0.2, 0.25) is 5.88 Å². The highest BCUT2D eigenvalue weighted by atomic mass is 16.5. The fraction of sp³-hybridized carbons (Fsp3) is 0.636. The molecule has 1 aliphatic rings. The molecule has 0 fully saturated rings. The molecule has 0 aliphatic carbocycles. The van der Waals surface area contributed by atoms with E-state index in [-0.39, 0.29) is 5.91 Å². The van der Waals surface area contributed by atoms with Crippen molar-refractivity contribution in [2.75, 3.05) is 26.9 Å². The van der Waals surface area contributed by atoms with Gasteiger partial charge >= 0.3 is 0 Å². The zero-order valence-electron chi connectivity index (χ0n) is 9.94. The van der Waals surface area contributed by atoms with E-state index in [1.807, 2.05) is 0 Å². The van der Waals surface area contributed by atoms with Crippen molar-refractivity contribution in [1.82, 2.24) is 15.1 Å². The van der Waals surface area contributed by atoms with Crippen LogP contribution < -0.4 is 10.1 Å². The predicted molar refractivity (Wildman–Crippen MR) is 61.2 cm³/mol. The maximum Gasteiger partial charge on any atom is 0.271 e. The molecule has 0 aromatic carbocycles. The molecule has 6 heteroatoms. The predicted octanol–water partition coefficient (Wildman–Crippen LogP) is 0.432. The number of hydrogen-bond donors (Lipinski definition) is 1. The first-order chi connectivity index (χ1) is 8.31. The summed E-state index contributed by atoms with van der Waals surface area (Å²) in [6.07, 6.45) is 1.73. The summed E-state index contributed by atoms with van der Waals surface area (Å²) in [5, 5.41) is 6.99. The van der Waals surface area contributed by atoms with Gasteiger partial charge in [0.25, 0.3) is 5.91 Å². The molecule has 17 heavy (non-hydrogen) atoms. The molecule has 0 spiro atoms. The van der Waals surface area contributed by atoms with E-state index in [9.17, 15) is 4.79 Å². The van der Waals surface area contributed by atoms with Crippen molar-refractivity contribution in [2.45, 2.75) is 19.4 Å². The lowest BCUT2D eigenvalue weighted by molar-refractivity contribution is 0.0942. The van der Waals surface area contributed by atoms with Crippen LogP contribution in [0.2, 0.25) is 0 Å². The average Bonchev–Trinajstić information content (AvgIpc) is 2.78. The number of carbonyl (C=O) groups is 1. The SMILES string of the molecule is COCCCNC(=O)c1cc2n(n1)CCCO2. The smallest absolute Gasteiger partial charge is 0.271 e. The number of methoxy groups -OCH3 is 1. The molecule has 0 unspecified atom stereocenters. The minimum Gasteiger partial charge on any atom is -0.478 e. The van der Waals surface area contributed by atoms with Gasteiger partial charge in [-0.05, 0) is 6.42 Å². The van der Waals surface area contributed by atoms with Crippen LogP contribution >= 0.6 is 0 Å². The number of aromatic nitrogens is 2. The second-order valence-corrected chi connectivity index (χ2v) is 3.90. The molecule has 1 amide bonds. The Balaban J connectivity index is 1.88. The Kier molecular flexibility index (Phi) is 3.98. The van der Waals surface area contributed by atoms with Crippen molar-refractivity contribution < 1.29 is 14.3 Å². The lowest BCUT2D eigenvalue weighted by Gasteiger charge is -2.13. The van der Waals surface area contributed by atoms with E-state index in [0.29, 0.717) is 31.3 Å². The zero-order valence-corrected chi connectivity index (χ0v) is 9.94. The van der Waals surface area contributed by atoms with Gasteiger partial charge < -0.3 is 14.8 Å². The van der Waals surface area contributed by atoms with Crippen LogP contribution in [0.5, 0.6) is 5.88 Å². The fourth-order valence-electron chi connectivity index (χ4n) is 1.69. The van der Waals surface area contributed by atoms with Gasteiger partial charge in [0, 0.05) is 39.3 Å². The number of amides is 1. The highest BCUT2D eigenvalue weighted by Gasteiger charge is 2.17. The Bertz CT molecular complexity index is 366. The molecule has 94 valence electrons. The summed E-state index contributed by atoms with van der Waals surface area (Å²) in [6, 6.07) is 1.69. The van der Waals surface area contributed by atoms with Crippen molar-refractivity contribution in [3.63, 3.8) is 0 Å². The number of fused-ring (bicyclic) bond motifs is 1. The number of carbonyl (C=O) groups excluding carboxylic acids is 1. The molecular weight excluding hydrogens is 222 g/mol. The topological polar surface area (TPSA) is 65.4 Å². The zero-order chi connectivity index (χ0) is 12.1. The van der Waals surface area contributed by atoms with Crippen LogP contribution in [0.3, 0.4) is 0 Å². The second kappa shape index (κ2) is 5.67. The van der Waals surface area contributed by atoms with Crippen LogP contribution in [0.15, 0.2) is 6.07 Å². The van der Waals surface area contributed by atoms with Gasteiger partial charge in [-0.1, -0.05) is 0 Å². The summed E-state index contributed by atoms with van der Waals surface area (Å²) in [4.78, 5) is 11.7. The van der Waals surface area contributed by atoms with E-state index < -0.39 is 0 Å². The molecule has 2 rings (SSSR count). The summed E-state index contributed by atoms with van der Waals surface area (Å²) < 4.78 is 12.0. The van der Waals surface area contributed by atoms with Crippen LogP contribution in [0.25, 0.3) is 0 Å². The van der Waals surface area contributed by atoms with Crippen LogP contribution in [0.1, 0.15) is 23.3 Å². The Morgan fingerprint density at radius 1 is 1.71 bits per heavy atom. The minimum atomic E-state index is -0.161. The highest BCUT2D eigenvalue weighted by Crippen LogP contribution is 2.17. The lowest BCUT2D eigenvalue weighted by atomic mass is 10.3. The summed E-state index contributed by atoms with van der Waals surface area (Å²) in [5.41, 5.74) is 0.416. The molecule has 1 aromatic rings. The fourth-order valence-corrected chi connectivity index (χ4v) is 1.69. The van der Waals surface area contributed by atoms with E-state index >= 15 is 0 Å². The largest absolute Gasteiger partial charge is 0.478 e. The van der Waals surface area contributed by atoms with Crippen LogP contribution in [-0.4, -0.2) is 42.6 Å². The number of rotatable bonds is 5. The van der Waals surface area contributed by atoms with Crippen molar-refractivity contribution in [3.8, 4) is 5.88 Å². The maximum atomic E-state index is 11.7. The number of nitrogens with one attached hydrogen (secondary N) is 1. The third-order valence-corrected chi connectivity index (χ3v) is 2.55. The highest BCUT2D eigenvalue weighted by molar-refractivity contribution is 5.92. The number of aryl methyl sites for hydroxylation is 1. The maximum absolute atomic E-state index is 11.7. The Morgan fingerprint density at radius 2 is 2.59 bits per heavy atom. The Labute approximate surface area is 99.9 Å². The molecule has 1 aliphatic heterocycles. The van der Waals surface area contributed by atoms with Crippen molar-refractivity contribution in [2.24, 2.45) is 0 Å². The molecule has 1 N–H and O–H groups in total. The van der Waals surface area contributed by atoms with E-state index in [1.165, 1.54) is 0 Å². The van der Waals surface area contributed by atoms with E-state index in [2.05, 4.69) is 10.4 Å². The van der Waals surface area contributed by atoms with Gasteiger partial charge in [-0.15, -0.1) is 0 Å². The van der Waals surface area contributed by atoms with Gasteiger partial charge in [-0.2, -0.15) is 5.10 Å². The summed E-state index contributed by atoms with van der Waals surface area (Å²) in [7, 11) is 1.64. The molecule has 1 aromatic heterocycles. The van der Waals surface area contributed by atoms with Crippen molar-refractivity contribution >= 4 is 5.91 Å². The molecule has 0 saturated carbocycles. The molecule has 0 radical (unpaired) electrons. The molecule has 0 saturated heterocycles. The minimum absolute atomic E-state index is 0.161. The van der Waals surface area contributed by atoms with Crippen LogP contribution in [0, 0.1) is 0 Å². The Hall–Kier alpha value is -1.56. The van der Waals surface area contributed by atoms with Gasteiger partial charge in [-0.3, -0.25) is 4.79 Å². The standard InChI is InChI=1S/C11H17N3O3/c1-16-6-2-4-12-11(15)9-8-10-14(13-9)5-3-7-17-10/h8H,2-7H2,1H3,(H,12,15). The van der Waals surface area contributed by atoms with Crippen LogP contribution in [-0.2, 0) is 11.3 Å². The molecule has 0 atom stereocenters. The van der Waals surface area contributed by atoms with Gasteiger partial charge in [-0.25, -0.2) is 4.68 Å². The van der Waals surface area contributed by atoms with E-state index in [0.717, 1.165) is 19.4 Å². The molecule has 0 bridgehead atoms. The van der Waals surface area contributed by atoms with Gasteiger partial charge in [0.15, 0.2) is 5.69 Å². The third-order valence-electron chi connectivity index (χ3n) is 2.55. The first-order valence-electron chi connectivity index (χ1n) is 5.79. The summed E-state index contributed by atoms with van der Waals surface area (Å²) in [6.45, 7) is 2.74. The quantitative estimate of drug-likeness (QED) is 0.757. The average molecular weight is 239 g/mol. The number of hydrogen-bond acceptors (Lipinski definition) is 4. The first kappa shape index (κ1) is 11.9. The van der Waals surface area contributed by atoms with Crippen LogP contribution in [0.4, 0.5) is 0 Å². The first-order valence-corrected chi connectivity index (χ1v) is 5.79. The van der Waals surface area contributed by atoms with Gasteiger partial charge in [0.1, 0.15) is 0 Å². The van der Waals surface area contributed by atoms with Gasteiger partial charge in [0.05, 0.1) is 6.61 Å². The lowest BCUT2D eigenvalue weighted by Crippen LogP contribution is -2.25. The molecular formula is C11H17N3O3. The van der Waals surface area contributed by atoms with E-state index in [1.54, 1.807) is 17.9 Å². The summed E-state index contributed by atoms with van der Waals surface area (Å²) in [5.74, 6) is 0.518. The van der Waals surface area contributed by atoms with E-state index in [4.69, 9.17) is 9.47 Å². The van der Waals surface area contributed by atoms with Crippen molar-refractivity contribution in [3.05, 3.63) is 11.8 Å². The summed E-state index contributed by atoms with van der Waals surface area (Å²) >= 11 is 0. The third kappa shape index (κ3) is 2.97. The Morgan fingerprint density at radius 3 is 3.35 bits per heavy atom.